The molecule has 0 bridgehead atoms. The summed E-state index contributed by atoms with van der Waals surface area (Å²) in [5.41, 5.74) is 14.6. The minimum absolute atomic E-state index is 0.674. The number of benzene rings is 10. The van der Waals surface area contributed by atoms with E-state index in [1.54, 1.807) is 0 Å². The Hall–Kier alpha value is -9.10. The zero-order valence-electron chi connectivity index (χ0n) is 37.7. The molecule has 0 saturated carbocycles. The van der Waals surface area contributed by atoms with Crippen molar-refractivity contribution in [2.45, 2.75) is 0 Å². The average Bonchev–Trinajstić information content (AvgIpc) is 4.17. The monoisotopic (exact) mass is 909 g/mol. The fraction of sp³-hybridized carbons (Fsp3) is 0. The first-order valence-corrected chi connectivity index (χ1v) is 24.6. The molecule has 15 rings (SSSR count). The number of fused-ring (bicyclic) bond motifs is 12. The number of rotatable bonds is 6. The first-order chi connectivity index (χ1) is 34.7. The Bertz CT molecular complexity index is 4310. The van der Waals surface area contributed by atoms with Gasteiger partial charge in [0.2, 0.25) is 0 Å². The van der Waals surface area contributed by atoms with Gasteiger partial charge in [-0.1, -0.05) is 170 Å². The lowest BCUT2D eigenvalue weighted by atomic mass is 10.0. The van der Waals surface area contributed by atoms with Crippen LogP contribution in [0.2, 0.25) is 0 Å². The Morgan fingerprint density at radius 2 is 0.657 bits per heavy atom. The highest BCUT2D eigenvalue weighted by molar-refractivity contribution is 7.25. The number of nitrogens with zero attached hydrogens (tertiary/aromatic N) is 5. The lowest BCUT2D eigenvalue weighted by Gasteiger charge is -2.23. The van der Waals surface area contributed by atoms with Gasteiger partial charge in [-0.25, -0.2) is 9.97 Å². The second-order valence-electron chi connectivity index (χ2n) is 18.1. The molecular weight excluding hydrogens is 871 g/mol. The van der Waals surface area contributed by atoms with Crippen LogP contribution in [-0.4, -0.2) is 23.7 Å². The fourth-order valence-corrected chi connectivity index (χ4v) is 12.3. The van der Waals surface area contributed by atoms with E-state index in [1.807, 2.05) is 17.4 Å². The van der Waals surface area contributed by atoms with Gasteiger partial charge in [-0.3, -0.25) is 0 Å². The van der Waals surface area contributed by atoms with E-state index in [-0.39, 0.29) is 0 Å². The molecule has 0 unspecified atom stereocenters. The number of para-hydroxylation sites is 6. The molecule has 5 heterocycles. The molecule has 0 aliphatic heterocycles. The summed E-state index contributed by atoms with van der Waals surface area (Å²) in [6, 6.07) is 85.8. The molecule has 0 saturated heterocycles. The van der Waals surface area contributed by atoms with Crippen molar-refractivity contribution in [2.24, 2.45) is 0 Å². The van der Waals surface area contributed by atoms with Crippen molar-refractivity contribution in [3.05, 3.63) is 237 Å². The molecule has 0 radical (unpaired) electrons. The largest absolute Gasteiger partial charge is 0.307 e. The summed E-state index contributed by atoms with van der Waals surface area (Å²) >= 11 is 1.83. The molecule has 0 N–H and O–H groups in total. The first-order valence-electron chi connectivity index (χ1n) is 23.7. The van der Waals surface area contributed by atoms with Crippen LogP contribution < -0.4 is 0 Å². The van der Waals surface area contributed by atoms with E-state index in [0.717, 1.165) is 78.2 Å². The maximum Gasteiger partial charge on any atom is 0.160 e. The Morgan fingerprint density at radius 3 is 1.14 bits per heavy atom. The maximum absolute atomic E-state index is 5.55. The van der Waals surface area contributed by atoms with Crippen molar-refractivity contribution in [1.29, 1.82) is 0 Å². The summed E-state index contributed by atoms with van der Waals surface area (Å²) in [7, 11) is 0. The Kier molecular flexibility index (Phi) is 8.46. The summed E-state index contributed by atoms with van der Waals surface area (Å²) in [6.45, 7) is 0. The highest BCUT2D eigenvalue weighted by atomic mass is 32.1. The van der Waals surface area contributed by atoms with Gasteiger partial charge in [0.25, 0.3) is 0 Å². The quantitative estimate of drug-likeness (QED) is 0.167. The topological polar surface area (TPSA) is 40.6 Å². The van der Waals surface area contributed by atoms with Gasteiger partial charge < -0.3 is 13.7 Å². The predicted molar refractivity (Wildman–Crippen MR) is 294 cm³/mol. The van der Waals surface area contributed by atoms with E-state index < -0.39 is 0 Å². The van der Waals surface area contributed by atoms with E-state index >= 15 is 0 Å². The van der Waals surface area contributed by atoms with E-state index in [9.17, 15) is 0 Å². The summed E-state index contributed by atoms with van der Waals surface area (Å²) in [5.74, 6) is 0.674. The first kappa shape index (κ1) is 38.9. The summed E-state index contributed by atoms with van der Waals surface area (Å²) in [6.07, 6.45) is 0. The number of thiophene rings is 1. The maximum atomic E-state index is 5.55. The smallest absolute Gasteiger partial charge is 0.160 e. The van der Waals surface area contributed by atoms with Gasteiger partial charge in [0.05, 0.1) is 61.6 Å². The molecule has 5 nitrogen and oxygen atoms in total. The van der Waals surface area contributed by atoms with Crippen LogP contribution in [0, 0.1) is 0 Å². The highest BCUT2D eigenvalue weighted by Crippen LogP contribution is 2.45. The van der Waals surface area contributed by atoms with E-state index in [1.165, 1.54) is 52.5 Å². The Balaban J connectivity index is 1.13. The molecule has 5 aromatic heterocycles. The van der Waals surface area contributed by atoms with Crippen molar-refractivity contribution in [1.82, 2.24) is 23.7 Å². The molecule has 15 aromatic rings. The molecule has 0 fully saturated rings. The van der Waals surface area contributed by atoms with Crippen molar-refractivity contribution in [3.8, 4) is 51.0 Å². The van der Waals surface area contributed by atoms with Crippen LogP contribution >= 0.6 is 11.3 Å². The molecule has 0 atom stereocenters. The molecule has 0 spiro atoms. The summed E-state index contributed by atoms with van der Waals surface area (Å²) in [5, 5.41) is 9.73. The minimum atomic E-state index is 0.674. The molecular formula is C64H39N5S. The normalized spacial score (nSPS) is 12.0. The van der Waals surface area contributed by atoms with Crippen LogP contribution in [-0.2, 0) is 0 Å². The SMILES string of the molecule is c1ccc(-c2nc(-c3cc(-n4c5ccccc5c5ccccc54)c(-n4c5ccccc5c5ccccc54)c(-n4c5ccccc5c5ccccc54)c3)cc(-c3ccc4c(c3)sc3ccccc34)n2)cc1. The van der Waals surface area contributed by atoms with Crippen LogP contribution in [0.5, 0.6) is 0 Å². The van der Waals surface area contributed by atoms with Crippen LogP contribution in [0.1, 0.15) is 0 Å². The van der Waals surface area contributed by atoms with Gasteiger partial charge in [-0.05, 0) is 66.7 Å². The van der Waals surface area contributed by atoms with Gasteiger partial charge >= 0.3 is 0 Å². The lowest BCUT2D eigenvalue weighted by Crippen LogP contribution is -2.10. The number of aromatic nitrogens is 5. The van der Waals surface area contributed by atoms with E-state index in [2.05, 4.69) is 244 Å². The number of hydrogen-bond acceptors (Lipinski definition) is 3. The third-order valence-corrected chi connectivity index (χ3v) is 15.4. The number of hydrogen-bond donors (Lipinski definition) is 0. The zero-order valence-corrected chi connectivity index (χ0v) is 38.5. The van der Waals surface area contributed by atoms with Gasteiger partial charge in [-0.15, -0.1) is 11.3 Å². The second-order valence-corrected chi connectivity index (χ2v) is 19.2. The molecule has 0 amide bonds. The summed E-state index contributed by atoms with van der Waals surface area (Å²) < 4.78 is 9.99. The molecule has 10 aromatic carbocycles. The van der Waals surface area contributed by atoms with Crippen LogP contribution in [0.25, 0.3) is 137 Å². The van der Waals surface area contributed by atoms with Gasteiger partial charge in [0.15, 0.2) is 5.82 Å². The standard InChI is InChI=1S/C64H39N5S/c1-2-18-40(19-3-1)64-65-51(41-34-35-50-49-26-10-17-33-61(49)70-62(50)38-41)39-52(66-64)42-36-59(67-53-27-11-4-20-43(53)44-21-5-12-28-54(44)67)63(69-57-31-15-8-24-47(57)48-25-9-16-32-58(48)69)60(37-42)68-55-29-13-6-22-45(55)46-23-7-14-30-56(46)68/h1-39H. The van der Waals surface area contributed by atoms with Crippen molar-refractivity contribution < 1.29 is 0 Å². The molecule has 326 valence electrons. The predicted octanol–water partition coefficient (Wildman–Crippen LogP) is 17.1. The lowest BCUT2D eigenvalue weighted by molar-refractivity contribution is 1.05. The van der Waals surface area contributed by atoms with Gasteiger partial charge in [-0.2, -0.15) is 0 Å². The third kappa shape index (κ3) is 5.78. The highest BCUT2D eigenvalue weighted by Gasteiger charge is 2.27. The van der Waals surface area contributed by atoms with Crippen molar-refractivity contribution in [3.63, 3.8) is 0 Å². The van der Waals surface area contributed by atoms with Crippen LogP contribution in [0.4, 0.5) is 0 Å². The molecule has 70 heavy (non-hydrogen) atoms. The zero-order chi connectivity index (χ0) is 45.9. The van der Waals surface area contributed by atoms with E-state index in [0.29, 0.717) is 5.82 Å². The second kappa shape index (κ2) is 15.2. The van der Waals surface area contributed by atoms with E-state index in [4.69, 9.17) is 9.97 Å². The van der Waals surface area contributed by atoms with Gasteiger partial charge in [0, 0.05) is 69.2 Å². The van der Waals surface area contributed by atoms with Crippen LogP contribution in [0.15, 0.2) is 237 Å². The van der Waals surface area contributed by atoms with Crippen molar-refractivity contribution >= 4 is 96.9 Å². The Morgan fingerprint density at radius 1 is 0.271 bits per heavy atom. The Labute approximate surface area is 406 Å². The van der Waals surface area contributed by atoms with Gasteiger partial charge in [0.1, 0.15) is 0 Å². The average molecular weight is 910 g/mol. The molecule has 0 aliphatic carbocycles. The minimum Gasteiger partial charge on any atom is -0.307 e. The third-order valence-electron chi connectivity index (χ3n) is 14.2. The molecule has 0 aliphatic rings. The fourth-order valence-electron chi connectivity index (χ4n) is 11.2. The molecule has 6 heteroatoms. The summed E-state index contributed by atoms with van der Waals surface area (Å²) in [4.78, 5) is 10.9. The van der Waals surface area contributed by atoms with Crippen LogP contribution in [0.3, 0.4) is 0 Å². The van der Waals surface area contributed by atoms with Crippen molar-refractivity contribution in [2.75, 3.05) is 0 Å².